The van der Waals surface area contributed by atoms with Gasteiger partial charge in [0, 0.05) is 11.8 Å². The van der Waals surface area contributed by atoms with Gasteiger partial charge < -0.3 is 24.8 Å². The number of fused-ring (bicyclic) bond motifs is 1. The highest BCUT2D eigenvalue weighted by Gasteiger charge is 2.49. The van der Waals surface area contributed by atoms with Crippen molar-refractivity contribution in [2.45, 2.75) is 19.4 Å². The number of carbonyl (C=O) groups is 3. The summed E-state index contributed by atoms with van der Waals surface area (Å²) in [6, 6.07) is 11.2. The normalized spacial score (nSPS) is 19.6. The Labute approximate surface area is 172 Å². The number of hydrogen-bond donors (Lipinski definition) is 2. The van der Waals surface area contributed by atoms with Crippen LogP contribution in [0.15, 0.2) is 42.5 Å². The van der Waals surface area contributed by atoms with Crippen molar-refractivity contribution in [2.24, 2.45) is 0 Å². The third-order valence-electron chi connectivity index (χ3n) is 4.98. The molecule has 2 aromatic rings. The van der Waals surface area contributed by atoms with Crippen LogP contribution in [0, 0.1) is 0 Å². The zero-order chi connectivity index (χ0) is 21.3. The molecule has 1 atom stereocenters. The molecule has 9 heteroatoms. The van der Waals surface area contributed by atoms with E-state index in [4.69, 9.17) is 14.2 Å². The number of amides is 4. The maximum atomic E-state index is 13.0. The summed E-state index contributed by atoms with van der Waals surface area (Å²) in [6.07, 6.45) is 0. The van der Waals surface area contributed by atoms with Gasteiger partial charge in [-0.05, 0) is 43.7 Å². The van der Waals surface area contributed by atoms with Crippen LogP contribution < -0.4 is 24.8 Å². The second-order valence-corrected chi connectivity index (χ2v) is 7.02. The maximum Gasteiger partial charge on any atom is 0.325 e. The van der Waals surface area contributed by atoms with Gasteiger partial charge in [0.05, 0.1) is 6.61 Å². The highest BCUT2D eigenvalue weighted by Crippen LogP contribution is 2.34. The molecule has 4 amide bonds. The minimum atomic E-state index is -1.26. The first-order chi connectivity index (χ1) is 14.4. The minimum absolute atomic E-state index is 0.124. The first-order valence-electron chi connectivity index (χ1n) is 9.47. The fraction of sp³-hybridized carbons (Fsp3) is 0.286. The molecule has 0 radical (unpaired) electrons. The molecule has 0 spiro atoms. The Bertz CT molecular complexity index is 1010. The van der Waals surface area contributed by atoms with Crippen molar-refractivity contribution in [3.8, 4) is 17.2 Å². The molecular formula is C21H21N3O6. The van der Waals surface area contributed by atoms with Crippen LogP contribution in [0.1, 0.15) is 19.4 Å². The SMILES string of the molecule is CCOc1ccc(C2(C)NC(=O)N(CC(=O)Nc3ccc4c(c3)OCO4)C2=O)cc1. The van der Waals surface area contributed by atoms with Crippen LogP contribution in [0.4, 0.5) is 10.5 Å². The number of nitrogens with zero attached hydrogens (tertiary/aromatic N) is 1. The molecule has 0 bridgehead atoms. The Hall–Kier alpha value is -3.75. The second kappa shape index (κ2) is 7.58. The Kier molecular flexibility index (Phi) is 4.94. The molecule has 1 fully saturated rings. The number of nitrogens with one attached hydrogen (secondary N) is 2. The predicted molar refractivity (Wildman–Crippen MR) is 106 cm³/mol. The standard InChI is InChI=1S/C21H21N3O6/c1-3-28-15-7-4-13(5-8-15)21(2)19(26)24(20(27)23-21)11-18(25)22-14-6-9-16-17(10-14)30-12-29-16/h4-10H,3,11-12H2,1-2H3,(H,22,25)(H,23,27). The zero-order valence-electron chi connectivity index (χ0n) is 16.6. The molecule has 0 saturated carbocycles. The summed E-state index contributed by atoms with van der Waals surface area (Å²) in [5, 5.41) is 5.34. The third-order valence-corrected chi connectivity index (χ3v) is 4.98. The molecule has 1 saturated heterocycles. The van der Waals surface area contributed by atoms with Crippen LogP contribution in [0.5, 0.6) is 17.2 Å². The van der Waals surface area contributed by atoms with E-state index >= 15 is 0 Å². The molecule has 4 rings (SSSR count). The van der Waals surface area contributed by atoms with Crippen molar-refractivity contribution < 1.29 is 28.6 Å². The second-order valence-electron chi connectivity index (χ2n) is 7.02. The van der Waals surface area contributed by atoms with E-state index in [0.717, 1.165) is 4.90 Å². The predicted octanol–water partition coefficient (Wildman–Crippen LogP) is 2.22. The Morgan fingerprint density at radius 2 is 1.90 bits per heavy atom. The topological polar surface area (TPSA) is 106 Å². The van der Waals surface area contributed by atoms with Gasteiger partial charge in [-0.25, -0.2) is 4.79 Å². The molecule has 1 unspecified atom stereocenters. The Morgan fingerprint density at radius 1 is 1.17 bits per heavy atom. The van der Waals surface area contributed by atoms with Gasteiger partial charge in [-0.2, -0.15) is 0 Å². The molecule has 2 aliphatic rings. The van der Waals surface area contributed by atoms with E-state index in [-0.39, 0.29) is 6.79 Å². The fourth-order valence-corrected chi connectivity index (χ4v) is 3.41. The molecule has 156 valence electrons. The van der Waals surface area contributed by atoms with Gasteiger partial charge in [0.15, 0.2) is 11.5 Å². The molecule has 0 aliphatic carbocycles. The summed E-state index contributed by atoms with van der Waals surface area (Å²) >= 11 is 0. The molecular weight excluding hydrogens is 390 g/mol. The molecule has 30 heavy (non-hydrogen) atoms. The first kappa shape index (κ1) is 19.6. The number of carbonyl (C=O) groups excluding carboxylic acids is 3. The van der Waals surface area contributed by atoms with Gasteiger partial charge in [-0.15, -0.1) is 0 Å². The van der Waals surface area contributed by atoms with Gasteiger partial charge >= 0.3 is 6.03 Å². The van der Waals surface area contributed by atoms with Crippen molar-refractivity contribution in [2.75, 3.05) is 25.3 Å². The minimum Gasteiger partial charge on any atom is -0.494 e. The number of benzene rings is 2. The van der Waals surface area contributed by atoms with Crippen molar-refractivity contribution in [1.82, 2.24) is 10.2 Å². The van der Waals surface area contributed by atoms with Gasteiger partial charge in [0.1, 0.15) is 17.8 Å². The van der Waals surface area contributed by atoms with Gasteiger partial charge in [-0.1, -0.05) is 12.1 Å². The summed E-state index contributed by atoms with van der Waals surface area (Å²) in [7, 11) is 0. The largest absolute Gasteiger partial charge is 0.494 e. The van der Waals surface area contributed by atoms with Gasteiger partial charge in [-0.3, -0.25) is 14.5 Å². The van der Waals surface area contributed by atoms with E-state index in [2.05, 4.69) is 10.6 Å². The van der Waals surface area contributed by atoms with Crippen LogP contribution in [0.2, 0.25) is 0 Å². The molecule has 2 aromatic carbocycles. The quantitative estimate of drug-likeness (QED) is 0.706. The first-order valence-corrected chi connectivity index (χ1v) is 9.47. The lowest BCUT2D eigenvalue weighted by atomic mass is 9.92. The number of ether oxygens (including phenoxy) is 3. The zero-order valence-corrected chi connectivity index (χ0v) is 16.6. The van der Waals surface area contributed by atoms with Crippen molar-refractivity contribution in [3.05, 3.63) is 48.0 Å². The number of urea groups is 1. The van der Waals surface area contributed by atoms with E-state index in [0.29, 0.717) is 35.1 Å². The average Bonchev–Trinajstić information content (AvgIpc) is 3.27. The monoisotopic (exact) mass is 411 g/mol. The lowest BCUT2D eigenvalue weighted by Gasteiger charge is -2.22. The number of rotatable bonds is 6. The summed E-state index contributed by atoms with van der Waals surface area (Å²) < 4.78 is 15.9. The van der Waals surface area contributed by atoms with E-state index in [1.165, 1.54) is 0 Å². The summed E-state index contributed by atoms with van der Waals surface area (Å²) in [5.41, 5.74) is -0.186. The Balaban J connectivity index is 1.45. The summed E-state index contributed by atoms with van der Waals surface area (Å²) in [5.74, 6) is 0.770. The highest BCUT2D eigenvalue weighted by molar-refractivity contribution is 6.10. The molecule has 2 N–H and O–H groups in total. The van der Waals surface area contributed by atoms with Crippen LogP contribution >= 0.6 is 0 Å². The van der Waals surface area contributed by atoms with Crippen molar-refractivity contribution in [3.63, 3.8) is 0 Å². The van der Waals surface area contributed by atoms with Crippen LogP contribution in [-0.2, 0) is 15.1 Å². The average molecular weight is 411 g/mol. The van der Waals surface area contributed by atoms with Crippen LogP contribution in [0.25, 0.3) is 0 Å². The van der Waals surface area contributed by atoms with Crippen LogP contribution in [0.3, 0.4) is 0 Å². The number of anilines is 1. The molecule has 2 heterocycles. The van der Waals surface area contributed by atoms with Gasteiger partial charge in [0.25, 0.3) is 5.91 Å². The molecule has 2 aliphatic heterocycles. The van der Waals surface area contributed by atoms with E-state index in [1.54, 1.807) is 49.4 Å². The number of imide groups is 1. The molecule has 0 aromatic heterocycles. The summed E-state index contributed by atoms with van der Waals surface area (Å²) in [4.78, 5) is 38.8. The van der Waals surface area contributed by atoms with Gasteiger partial charge in [0.2, 0.25) is 12.7 Å². The molecule has 9 nitrogen and oxygen atoms in total. The summed E-state index contributed by atoms with van der Waals surface area (Å²) in [6.45, 7) is 3.73. The van der Waals surface area contributed by atoms with E-state index < -0.39 is 29.9 Å². The van der Waals surface area contributed by atoms with E-state index in [1.807, 2.05) is 6.92 Å². The Morgan fingerprint density at radius 3 is 2.63 bits per heavy atom. The lowest BCUT2D eigenvalue weighted by molar-refractivity contribution is -0.133. The van der Waals surface area contributed by atoms with Crippen molar-refractivity contribution in [1.29, 1.82) is 0 Å². The highest BCUT2D eigenvalue weighted by atomic mass is 16.7. The lowest BCUT2D eigenvalue weighted by Crippen LogP contribution is -2.42. The van der Waals surface area contributed by atoms with Crippen LogP contribution in [-0.4, -0.2) is 42.7 Å². The third kappa shape index (κ3) is 3.49. The fourth-order valence-electron chi connectivity index (χ4n) is 3.41. The smallest absolute Gasteiger partial charge is 0.325 e. The van der Waals surface area contributed by atoms with E-state index in [9.17, 15) is 14.4 Å². The maximum absolute atomic E-state index is 13.0. The van der Waals surface area contributed by atoms with Crippen molar-refractivity contribution >= 4 is 23.5 Å². The number of hydrogen-bond acceptors (Lipinski definition) is 6.